The van der Waals surface area contributed by atoms with E-state index in [1.165, 1.54) is 18.2 Å². The molecule has 1 saturated carbocycles. The van der Waals surface area contributed by atoms with Crippen molar-refractivity contribution in [2.75, 3.05) is 12.4 Å². The molecule has 0 saturated heterocycles. The molecule has 1 fully saturated rings. The summed E-state index contributed by atoms with van der Waals surface area (Å²) in [6.07, 6.45) is 9.63. The molecule has 5 rings (SSSR count). The Morgan fingerprint density at radius 1 is 1.14 bits per heavy atom. The molecule has 1 amide bonds. The van der Waals surface area contributed by atoms with Gasteiger partial charge in [-0.2, -0.15) is 5.10 Å². The Hall–Kier alpha value is -4.38. The standard InChI is InChI=1S/C31H35ClFN7O3/c1-31(2,3)43-30(41)38-21-8-6-20(7-9-21)37-28-23(29(34)39-25-14-19(33)5-10-24(25)32)15-36-40-17-18(13-26(28)40)22-11-12-35-16-27(22)42-4/h5,10-17,20-21,37H,6-9H2,1-4H3,(H2,34,39)(H,38,41). The van der Waals surface area contributed by atoms with Crippen LogP contribution in [0.3, 0.4) is 0 Å². The molecule has 0 unspecified atom stereocenters. The number of aromatic nitrogens is 3. The number of carbonyl (C=O) groups is 1. The van der Waals surface area contributed by atoms with Gasteiger partial charge in [-0.3, -0.25) is 4.98 Å². The largest absolute Gasteiger partial charge is 0.494 e. The maximum atomic E-state index is 14.0. The summed E-state index contributed by atoms with van der Waals surface area (Å²) in [5.41, 5.74) is 9.97. The summed E-state index contributed by atoms with van der Waals surface area (Å²) < 4.78 is 26.7. The average Bonchev–Trinajstić information content (AvgIpc) is 3.40. The molecule has 3 heterocycles. The smallest absolute Gasteiger partial charge is 0.407 e. The van der Waals surface area contributed by atoms with Crippen molar-refractivity contribution < 1.29 is 18.7 Å². The first-order valence-corrected chi connectivity index (χ1v) is 14.4. The monoisotopic (exact) mass is 607 g/mol. The van der Waals surface area contributed by atoms with E-state index in [0.29, 0.717) is 11.3 Å². The number of ether oxygens (including phenoxy) is 2. The zero-order chi connectivity index (χ0) is 30.7. The van der Waals surface area contributed by atoms with Gasteiger partial charge in [-0.1, -0.05) is 11.6 Å². The van der Waals surface area contributed by atoms with Crippen LogP contribution in [0.25, 0.3) is 16.6 Å². The third-order valence-corrected chi connectivity index (χ3v) is 7.49. The van der Waals surface area contributed by atoms with Gasteiger partial charge in [-0.25, -0.2) is 18.7 Å². The van der Waals surface area contributed by atoms with Gasteiger partial charge in [-0.15, -0.1) is 0 Å². The van der Waals surface area contributed by atoms with Crippen LogP contribution in [0.1, 0.15) is 52.0 Å². The van der Waals surface area contributed by atoms with Gasteiger partial charge in [0.05, 0.1) is 47.0 Å². The lowest BCUT2D eigenvalue weighted by Crippen LogP contribution is -2.42. The van der Waals surface area contributed by atoms with E-state index < -0.39 is 17.5 Å². The number of rotatable bonds is 7. The van der Waals surface area contributed by atoms with E-state index in [1.807, 2.05) is 39.1 Å². The molecular weight excluding hydrogens is 573 g/mol. The summed E-state index contributed by atoms with van der Waals surface area (Å²) in [6.45, 7) is 5.53. The van der Waals surface area contributed by atoms with Gasteiger partial charge in [0.1, 0.15) is 23.0 Å². The van der Waals surface area contributed by atoms with E-state index in [1.54, 1.807) is 30.2 Å². The molecule has 43 heavy (non-hydrogen) atoms. The zero-order valence-electron chi connectivity index (χ0n) is 24.5. The van der Waals surface area contributed by atoms with Gasteiger partial charge < -0.3 is 25.8 Å². The Kier molecular flexibility index (Phi) is 8.72. The molecule has 1 aliphatic carbocycles. The highest BCUT2D eigenvalue weighted by Gasteiger charge is 2.26. The number of hydrogen-bond donors (Lipinski definition) is 3. The number of alkyl carbamates (subject to hydrolysis) is 1. The number of hydrogen-bond acceptors (Lipinski definition) is 7. The number of nitrogens with one attached hydrogen (secondary N) is 2. The van der Waals surface area contributed by atoms with Crippen LogP contribution in [0.4, 0.5) is 20.6 Å². The number of amides is 1. The number of aliphatic imine (C=N–C) groups is 1. The predicted octanol–water partition coefficient (Wildman–Crippen LogP) is 6.48. The number of pyridine rings is 1. The average molecular weight is 608 g/mol. The molecule has 0 radical (unpaired) electrons. The summed E-state index contributed by atoms with van der Waals surface area (Å²) in [6, 6.07) is 7.91. The third kappa shape index (κ3) is 7.16. The van der Waals surface area contributed by atoms with Crippen molar-refractivity contribution in [1.29, 1.82) is 0 Å². The predicted molar refractivity (Wildman–Crippen MR) is 166 cm³/mol. The molecule has 0 atom stereocenters. The minimum atomic E-state index is -0.556. The number of carbonyl (C=O) groups excluding carboxylic acids is 1. The number of fused-ring (bicyclic) bond motifs is 1. The van der Waals surface area contributed by atoms with Crippen LogP contribution in [-0.4, -0.2) is 51.3 Å². The number of methoxy groups -OCH3 is 1. The lowest BCUT2D eigenvalue weighted by Gasteiger charge is -2.31. The molecule has 1 aliphatic rings. The fourth-order valence-corrected chi connectivity index (χ4v) is 5.31. The van der Waals surface area contributed by atoms with Crippen LogP contribution in [0.5, 0.6) is 5.75 Å². The second-order valence-electron chi connectivity index (χ2n) is 11.5. The Morgan fingerprint density at radius 2 is 1.88 bits per heavy atom. The van der Waals surface area contributed by atoms with E-state index in [-0.39, 0.29) is 28.6 Å². The summed E-state index contributed by atoms with van der Waals surface area (Å²) >= 11 is 6.28. The van der Waals surface area contributed by atoms with Crippen LogP contribution in [-0.2, 0) is 4.74 Å². The molecular formula is C31H35ClFN7O3. The summed E-state index contributed by atoms with van der Waals surface area (Å²) in [5, 5.41) is 11.5. The van der Waals surface area contributed by atoms with E-state index in [9.17, 15) is 9.18 Å². The SMILES string of the molecule is COc1cnccc1-c1cc2c(NC3CCC(NC(=O)OC(C)(C)C)CC3)c(C(N)=Nc3cc(F)ccc3Cl)cnn2c1. The van der Waals surface area contributed by atoms with Gasteiger partial charge in [-0.05, 0) is 70.7 Å². The van der Waals surface area contributed by atoms with Crippen LogP contribution in [0.15, 0.2) is 60.1 Å². The zero-order valence-corrected chi connectivity index (χ0v) is 25.3. The minimum absolute atomic E-state index is 0.0191. The quantitative estimate of drug-likeness (QED) is 0.162. The maximum Gasteiger partial charge on any atom is 0.407 e. The third-order valence-electron chi connectivity index (χ3n) is 7.17. The number of nitrogens with zero attached hydrogens (tertiary/aromatic N) is 4. The molecule has 1 aromatic carbocycles. The van der Waals surface area contributed by atoms with Crippen molar-refractivity contribution in [3.05, 3.63) is 71.5 Å². The molecule has 4 N–H and O–H groups in total. The van der Waals surface area contributed by atoms with Gasteiger partial charge in [0, 0.05) is 41.7 Å². The van der Waals surface area contributed by atoms with Crippen molar-refractivity contribution >= 4 is 40.4 Å². The first-order chi connectivity index (χ1) is 20.5. The first-order valence-electron chi connectivity index (χ1n) is 14.1. The van der Waals surface area contributed by atoms with Crippen LogP contribution < -0.4 is 21.1 Å². The highest BCUT2D eigenvalue weighted by atomic mass is 35.5. The number of anilines is 1. The fourth-order valence-electron chi connectivity index (χ4n) is 5.15. The van der Waals surface area contributed by atoms with Crippen LogP contribution in [0.2, 0.25) is 5.02 Å². The number of nitrogens with two attached hydrogens (primary N) is 1. The molecule has 12 heteroatoms. The van der Waals surface area contributed by atoms with Crippen molar-refractivity contribution in [2.45, 2.75) is 64.1 Å². The van der Waals surface area contributed by atoms with Crippen LogP contribution in [0, 0.1) is 5.82 Å². The van der Waals surface area contributed by atoms with Crippen molar-refractivity contribution in [3.8, 4) is 16.9 Å². The number of amidine groups is 1. The molecule has 226 valence electrons. The maximum absolute atomic E-state index is 14.0. The molecule has 3 aromatic heterocycles. The van der Waals surface area contributed by atoms with E-state index >= 15 is 0 Å². The van der Waals surface area contributed by atoms with Crippen molar-refractivity contribution in [1.82, 2.24) is 19.9 Å². The lowest BCUT2D eigenvalue weighted by molar-refractivity contribution is 0.0492. The molecule has 0 spiro atoms. The minimum Gasteiger partial charge on any atom is -0.494 e. The molecule has 0 aliphatic heterocycles. The van der Waals surface area contributed by atoms with Crippen molar-refractivity contribution in [2.24, 2.45) is 10.7 Å². The highest BCUT2D eigenvalue weighted by molar-refractivity contribution is 6.33. The first kappa shape index (κ1) is 30.1. The Labute approximate surface area is 254 Å². The van der Waals surface area contributed by atoms with Gasteiger partial charge in [0.2, 0.25) is 0 Å². The Morgan fingerprint density at radius 3 is 2.60 bits per heavy atom. The summed E-state index contributed by atoms with van der Waals surface area (Å²) in [5.74, 6) is 0.294. The number of halogens is 2. The van der Waals surface area contributed by atoms with E-state index in [2.05, 4.69) is 25.7 Å². The van der Waals surface area contributed by atoms with Gasteiger partial charge in [0.25, 0.3) is 0 Å². The molecule has 10 nitrogen and oxygen atoms in total. The molecule has 4 aromatic rings. The lowest BCUT2D eigenvalue weighted by atomic mass is 9.91. The Balaban J connectivity index is 1.47. The van der Waals surface area contributed by atoms with E-state index in [0.717, 1.165) is 48.0 Å². The van der Waals surface area contributed by atoms with Gasteiger partial charge in [0.15, 0.2) is 0 Å². The fraction of sp³-hybridized carbons (Fsp3) is 0.355. The van der Waals surface area contributed by atoms with Crippen molar-refractivity contribution in [3.63, 3.8) is 0 Å². The number of benzene rings is 1. The Bertz CT molecular complexity index is 1660. The van der Waals surface area contributed by atoms with Crippen LogP contribution >= 0.6 is 11.6 Å². The second kappa shape index (κ2) is 12.5. The molecule has 0 bridgehead atoms. The highest BCUT2D eigenvalue weighted by Crippen LogP contribution is 2.35. The van der Waals surface area contributed by atoms with E-state index in [4.69, 9.17) is 26.8 Å². The van der Waals surface area contributed by atoms with Gasteiger partial charge >= 0.3 is 6.09 Å². The second-order valence-corrected chi connectivity index (χ2v) is 11.9. The normalized spacial score (nSPS) is 17.5. The topological polar surface area (TPSA) is 128 Å². The summed E-state index contributed by atoms with van der Waals surface area (Å²) in [7, 11) is 1.60. The summed E-state index contributed by atoms with van der Waals surface area (Å²) in [4.78, 5) is 20.9.